The minimum absolute atomic E-state index is 0.623. The van der Waals surface area contributed by atoms with Crippen molar-refractivity contribution in [3.63, 3.8) is 0 Å². The molecule has 2 aromatic rings. The van der Waals surface area contributed by atoms with Gasteiger partial charge in [-0.15, -0.1) is 0 Å². The molecule has 23 heavy (non-hydrogen) atoms. The van der Waals surface area contributed by atoms with Crippen LogP contribution in [0.15, 0.2) is 30.6 Å². The molecule has 2 heterocycles. The topological polar surface area (TPSA) is 29.0 Å². The van der Waals surface area contributed by atoms with Gasteiger partial charge in [-0.3, -0.25) is 4.90 Å². The molecule has 3 nitrogen and oxygen atoms in total. The van der Waals surface area contributed by atoms with Gasteiger partial charge in [-0.1, -0.05) is 32.0 Å². The second-order valence-electron chi connectivity index (χ2n) is 7.26. The normalized spacial score (nSPS) is 18.2. The zero-order chi connectivity index (χ0) is 15.8. The van der Waals surface area contributed by atoms with Gasteiger partial charge in [0.2, 0.25) is 0 Å². The molecule has 1 aromatic carbocycles. The van der Waals surface area contributed by atoms with E-state index in [4.69, 9.17) is 0 Å². The third-order valence-electron chi connectivity index (χ3n) is 4.79. The summed E-state index contributed by atoms with van der Waals surface area (Å²) >= 11 is 0. The Morgan fingerprint density at radius 3 is 2.57 bits per heavy atom. The lowest BCUT2D eigenvalue weighted by Crippen LogP contribution is -2.32. The maximum atomic E-state index is 4.55. The predicted octanol–water partition coefficient (Wildman–Crippen LogP) is 3.99. The van der Waals surface area contributed by atoms with Gasteiger partial charge in [0.25, 0.3) is 0 Å². The molecule has 0 N–H and O–H groups in total. The molecule has 1 saturated carbocycles. The number of hydrogen-bond donors (Lipinski definition) is 0. The van der Waals surface area contributed by atoms with Crippen LogP contribution in [0.3, 0.4) is 0 Å². The fraction of sp³-hybridized carbons (Fsp3) is 0.450. The van der Waals surface area contributed by atoms with Crippen LogP contribution in [-0.2, 0) is 13.0 Å². The summed E-state index contributed by atoms with van der Waals surface area (Å²) in [5, 5.41) is 0. The summed E-state index contributed by atoms with van der Waals surface area (Å²) in [5.41, 5.74) is 5.34. The Morgan fingerprint density at radius 1 is 1.09 bits per heavy atom. The molecule has 1 fully saturated rings. The van der Waals surface area contributed by atoms with Crippen LogP contribution in [0.25, 0.3) is 11.1 Å². The lowest BCUT2D eigenvalue weighted by atomic mass is 9.95. The number of benzene rings is 1. The van der Waals surface area contributed by atoms with Crippen molar-refractivity contribution < 1.29 is 0 Å². The molecule has 0 amide bonds. The number of nitrogens with zero attached hydrogens (tertiary/aromatic N) is 3. The molecular weight excluding hydrogens is 282 g/mol. The van der Waals surface area contributed by atoms with Crippen molar-refractivity contribution in [2.24, 2.45) is 0 Å². The van der Waals surface area contributed by atoms with Gasteiger partial charge in [-0.25, -0.2) is 9.97 Å². The van der Waals surface area contributed by atoms with Crippen LogP contribution in [-0.4, -0.2) is 28.0 Å². The van der Waals surface area contributed by atoms with Crippen molar-refractivity contribution in [3.05, 3.63) is 53.5 Å². The first-order valence-corrected chi connectivity index (χ1v) is 8.64. The Labute approximate surface area is 138 Å². The molecule has 119 valence electrons. The van der Waals surface area contributed by atoms with Crippen molar-refractivity contribution in [1.82, 2.24) is 14.9 Å². The van der Waals surface area contributed by atoms with Gasteiger partial charge in [-0.2, -0.15) is 0 Å². The molecule has 4 rings (SSSR count). The minimum atomic E-state index is 0.623. The highest BCUT2D eigenvalue weighted by Crippen LogP contribution is 2.38. The highest BCUT2D eigenvalue weighted by molar-refractivity contribution is 5.63. The quantitative estimate of drug-likeness (QED) is 0.855. The fourth-order valence-corrected chi connectivity index (χ4v) is 3.41. The highest BCUT2D eigenvalue weighted by Gasteiger charge is 2.26. The number of rotatable bonds is 4. The molecule has 0 atom stereocenters. The van der Waals surface area contributed by atoms with E-state index in [1.54, 1.807) is 0 Å². The van der Waals surface area contributed by atoms with Gasteiger partial charge in [0.05, 0.1) is 0 Å². The van der Waals surface area contributed by atoms with Crippen LogP contribution in [0.2, 0.25) is 0 Å². The summed E-state index contributed by atoms with van der Waals surface area (Å²) in [4.78, 5) is 11.6. The van der Waals surface area contributed by atoms with Crippen molar-refractivity contribution in [2.45, 2.75) is 45.6 Å². The van der Waals surface area contributed by atoms with E-state index in [1.807, 2.05) is 12.4 Å². The van der Waals surface area contributed by atoms with E-state index in [2.05, 4.69) is 46.9 Å². The third kappa shape index (κ3) is 3.30. The molecule has 1 aromatic heterocycles. The molecule has 1 aliphatic carbocycles. The van der Waals surface area contributed by atoms with E-state index in [0.717, 1.165) is 37.4 Å². The highest BCUT2D eigenvalue weighted by atomic mass is 15.1. The summed E-state index contributed by atoms with van der Waals surface area (Å²) < 4.78 is 0. The van der Waals surface area contributed by atoms with Crippen LogP contribution in [0.4, 0.5) is 0 Å². The van der Waals surface area contributed by atoms with Gasteiger partial charge < -0.3 is 0 Å². The standard InChI is InChI=1S/C20H24N3/c1-14(2)12-23-8-7-17-9-16(5-6-18(17)13-23)19-10-21-20(22-11-19)15-3-4-15/h5-6,9-11,15H,3-4,7-8,12-13H2,1-2H3. The van der Waals surface area contributed by atoms with Crippen LogP contribution >= 0.6 is 0 Å². The Balaban J connectivity index is 1.53. The van der Waals surface area contributed by atoms with Gasteiger partial charge in [0.1, 0.15) is 5.82 Å². The first-order chi connectivity index (χ1) is 11.2. The maximum Gasteiger partial charge on any atom is 0.131 e. The third-order valence-corrected chi connectivity index (χ3v) is 4.79. The van der Waals surface area contributed by atoms with Gasteiger partial charge >= 0.3 is 0 Å². The Morgan fingerprint density at radius 2 is 1.87 bits per heavy atom. The maximum absolute atomic E-state index is 4.55. The smallest absolute Gasteiger partial charge is 0.131 e. The largest absolute Gasteiger partial charge is 0.298 e. The lowest BCUT2D eigenvalue weighted by Gasteiger charge is -2.30. The summed E-state index contributed by atoms with van der Waals surface area (Å²) in [6.07, 6.45) is 7.63. The molecule has 3 heteroatoms. The Bertz CT molecular complexity index is 687. The molecule has 0 spiro atoms. The van der Waals surface area contributed by atoms with E-state index in [1.165, 1.54) is 35.4 Å². The zero-order valence-electron chi connectivity index (χ0n) is 14.0. The van der Waals surface area contributed by atoms with E-state index >= 15 is 0 Å². The van der Waals surface area contributed by atoms with Crippen molar-refractivity contribution in [2.75, 3.05) is 13.1 Å². The number of hydrogen-bond acceptors (Lipinski definition) is 3. The minimum Gasteiger partial charge on any atom is -0.298 e. The van der Waals surface area contributed by atoms with E-state index < -0.39 is 0 Å². The zero-order valence-corrected chi connectivity index (χ0v) is 14.0. The van der Waals surface area contributed by atoms with Crippen molar-refractivity contribution in [1.29, 1.82) is 0 Å². The molecule has 0 unspecified atom stereocenters. The SMILES string of the molecule is C[C](C)CN1CCc2cc(-c3cnc(C4CC4)nc3)ccc2C1. The van der Waals surface area contributed by atoms with Crippen LogP contribution in [0.1, 0.15) is 49.6 Å². The van der Waals surface area contributed by atoms with E-state index in [9.17, 15) is 0 Å². The summed E-state index contributed by atoms with van der Waals surface area (Å²) in [6, 6.07) is 6.85. The van der Waals surface area contributed by atoms with Gasteiger partial charge in [-0.05, 0) is 41.9 Å². The van der Waals surface area contributed by atoms with Crippen LogP contribution in [0, 0.1) is 5.92 Å². The summed E-state index contributed by atoms with van der Waals surface area (Å²) in [7, 11) is 0. The molecule has 0 saturated heterocycles. The average Bonchev–Trinajstić information content (AvgIpc) is 3.39. The van der Waals surface area contributed by atoms with E-state index in [0.29, 0.717) is 5.92 Å². The Kier molecular flexibility index (Phi) is 3.90. The van der Waals surface area contributed by atoms with E-state index in [-0.39, 0.29) is 0 Å². The van der Waals surface area contributed by atoms with Crippen molar-refractivity contribution >= 4 is 0 Å². The molecular formula is C20H24N3. The molecule has 1 aliphatic heterocycles. The fourth-order valence-electron chi connectivity index (χ4n) is 3.41. The molecule has 0 bridgehead atoms. The first kappa shape index (κ1) is 14.8. The monoisotopic (exact) mass is 306 g/mol. The second-order valence-corrected chi connectivity index (χ2v) is 7.26. The van der Waals surface area contributed by atoms with Gasteiger partial charge in [0.15, 0.2) is 0 Å². The Hall–Kier alpha value is -1.74. The second kappa shape index (κ2) is 6.04. The predicted molar refractivity (Wildman–Crippen MR) is 93.0 cm³/mol. The molecule has 2 aliphatic rings. The summed E-state index contributed by atoms with van der Waals surface area (Å²) in [5.74, 6) is 3.13. The lowest BCUT2D eigenvalue weighted by molar-refractivity contribution is 0.264. The average molecular weight is 306 g/mol. The van der Waals surface area contributed by atoms with Crippen molar-refractivity contribution in [3.8, 4) is 11.1 Å². The number of aromatic nitrogens is 2. The van der Waals surface area contributed by atoms with Crippen LogP contribution < -0.4 is 0 Å². The molecule has 1 radical (unpaired) electrons. The number of fused-ring (bicyclic) bond motifs is 1. The van der Waals surface area contributed by atoms with Crippen LogP contribution in [0.5, 0.6) is 0 Å². The summed E-state index contributed by atoms with van der Waals surface area (Å²) in [6.45, 7) is 7.75. The van der Waals surface area contributed by atoms with Gasteiger partial charge in [0, 0.05) is 43.5 Å². The first-order valence-electron chi connectivity index (χ1n) is 8.64.